The van der Waals surface area contributed by atoms with Crippen molar-refractivity contribution in [3.05, 3.63) is 36.2 Å². The van der Waals surface area contributed by atoms with Crippen LogP contribution in [0.4, 0.5) is 13.2 Å². The summed E-state index contributed by atoms with van der Waals surface area (Å²) in [6.07, 6.45) is -1.16. The molecule has 0 aliphatic heterocycles. The quantitative estimate of drug-likeness (QED) is 0.413. The van der Waals surface area contributed by atoms with Gasteiger partial charge in [-0.3, -0.25) is 0 Å². The van der Waals surface area contributed by atoms with Crippen LogP contribution in [-0.4, -0.2) is 40.7 Å². The maximum Gasteiger partial charge on any atom is 0.416 e. The largest absolute Gasteiger partial charge is 0.468 e. The third-order valence-corrected chi connectivity index (χ3v) is 3.06. The van der Waals surface area contributed by atoms with Gasteiger partial charge in [0.2, 0.25) is 0 Å². The molecular formula is C17H18F3N3O4. The fourth-order valence-corrected chi connectivity index (χ4v) is 1.99. The minimum atomic E-state index is -4.57. The van der Waals surface area contributed by atoms with Crippen LogP contribution >= 0.6 is 0 Å². The Morgan fingerprint density at radius 2 is 2.04 bits per heavy atom. The van der Waals surface area contributed by atoms with Crippen molar-refractivity contribution in [2.24, 2.45) is 0 Å². The lowest BCUT2D eigenvalue weighted by molar-refractivity contribution is -0.141. The Morgan fingerprint density at radius 3 is 2.67 bits per heavy atom. The van der Waals surface area contributed by atoms with Gasteiger partial charge in [0.05, 0.1) is 11.7 Å². The summed E-state index contributed by atoms with van der Waals surface area (Å²) in [5.74, 6) is -0.573. The predicted octanol–water partition coefficient (Wildman–Crippen LogP) is 3.37. The molecule has 0 amide bonds. The molecule has 0 aliphatic rings. The predicted molar refractivity (Wildman–Crippen MR) is 89.5 cm³/mol. The summed E-state index contributed by atoms with van der Waals surface area (Å²) in [6.45, 7) is 3.20. The number of carbonyl (C=O) groups excluding carboxylic acids is 1. The molecular weight excluding hydrogens is 367 g/mol. The zero-order valence-corrected chi connectivity index (χ0v) is 14.9. The van der Waals surface area contributed by atoms with E-state index in [1.165, 1.54) is 30.4 Å². The van der Waals surface area contributed by atoms with Gasteiger partial charge in [-0.15, -0.1) is 5.10 Å². The Morgan fingerprint density at radius 1 is 1.30 bits per heavy atom. The van der Waals surface area contributed by atoms with Gasteiger partial charge in [0.15, 0.2) is 12.6 Å². The van der Waals surface area contributed by atoms with Gasteiger partial charge >= 0.3 is 12.1 Å². The number of halogens is 3. The Hall–Kier alpha value is -2.88. The molecule has 7 nitrogen and oxygen atoms in total. The van der Waals surface area contributed by atoms with E-state index >= 15 is 0 Å². The van der Waals surface area contributed by atoms with Gasteiger partial charge < -0.3 is 14.2 Å². The van der Waals surface area contributed by atoms with Crippen molar-refractivity contribution < 1.29 is 32.2 Å². The van der Waals surface area contributed by atoms with E-state index in [0.717, 1.165) is 18.2 Å². The van der Waals surface area contributed by atoms with Crippen LogP contribution in [0.2, 0.25) is 0 Å². The van der Waals surface area contributed by atoms with Gasteiger partial charge in [0, 0.05) is 24.9 Å². The van der Waals surface area contributed by atoms with Crippen molar-refractivity contribution in [2.45, 2.75) is 26.1 Å². The average Bonchev–Trinajstić information content (AvgIpc) is 3.05. The van der Waals surface area contributed by atoms with Crippen molar-refractivity contribution in [3.63, 3.8) is 0 Å². The highest BCUT2D eigenvalue weighted by molar-refractivity contribution is 5.85. The molecule has 2 rings (SSSR count). The van der Waals surface area contributed by atoms with E-state index in [-0.39, 0.29) is 30.0 Å². The number of nitrogens with zero attached hydrogens (tertiary/aromatic N) is 3. The van der Waals surface area contributed by atoms with E-state index in [1.807, 2.05) is 0 Å². The third-order valence-electron chi connectivity index (χ3n) is 3.06. The van der Waals surface area contributed by atoms with Crippen LogP contribution in [0.15, 0.2) is 30.6 Å². The number of ether oxygens (including phenoxy) is 3. The Bertz CT molecular complexity index is 816. The second kappa shape index (κ2) is 8.67. The number of methoxy groups -OCH3 is 1. The number of alkyl halides is 3. The molecule has 0 fully saturated rings. The van der Waals surface area contributed by atoms with Gasteiger partial charge in [0.1, 0.15) is 12.1 Å². The summed E-state index contributed by atoms with van der Waals surface area (Å²) in [5, 5.41) is 4.03. The van der Waals surface area contributed by atoms with Gasteiger partial charge in [-0.05, 0) is 32.0 Å². The van der Waals surface area contributed by atoms with Crippen LogP contribution < -0.4 is 4.74 Å². The minimum Gasteiger partial charge on any atom is -0.468 e. The van der Waals surface area contributed by atoms with Crippen LogP contribution in [0.25, 0.3) is 17.6 Å². The van der Waals surface area contributed by atoms with E-state index < -0.39 is 17.7 Å². The summed E-state index contributed by atoms with van der Waals surface area (Å²) in [7, 11) is 1.36. The SMILES string of the molecule is COCOc1cc(-c2ncn(/C=C/C(=O)OC(C)C)n2)cc(C(F)(F)F)c1. The topological polar surface area (TPSA) is 75.5 Å². The molecule has 1 aromatic carbocycles. The fraction of sp³-hybridized carbons (Fsp3) is 0.353. The average molecular weight is 385 g/mol. The molecule has 1 heterocycles. The maximum atomic E-state index is 13.1. The van der Waals surface area contributed by atoms with E-state index in [0.29, 0.717) is 0 Å². The monoisotopic (exact) mass is 385 g/mol. The molecule has 0 bridgehead atoms. The molecule has 0 aliphatic carbocycles. The van der Waals surface area contributed by atoms with Crippen LogP contribution in [0.1, 0.15) is 19.4 Å². The summed E-state index contributed by atoms with van der Waals surface area (Å²) >= 11 is 0. The summed E-state index contributed by atoms with van der Waals surface area (Å²) < 4.78 is 55.3. The van der Waals surface area contributed by atoms with Crippen LogP contribution in [0.5, 0.6) is 5.75 Å². The second-order valence-electron chi connectivity index (χ2n) is 5.64. The van der Waals surface area contributed by atoms with Gasteiger partial charge in [-0.25, -0.2) is 14.5 Å². The number of hydrogen-bond donors (Lipinski definition) is 0. The van der Waals surface area contributed by atoms with Gasteiger partial charge in [-0.1, -0.05) is 0 Å². The molecule has 0 unspecified atom stereocenters. The lowest BCUT2D eigenvalue weighted by Gasteiger charge is -2.11. The molecule has 2 aromatic rings. The fourth-order valence-electron chi connectivity index (χ4n) is 1.99. The normalized spacial score (nSPS) is 12.0. The maximum absolute atomic E-state index is 13.1. The smallest absolute Gasteiger partial charge is 0.416 e. The van der Waals surface area contributed by atoms with Crippen molar-refractivity contribution in [1.29, 1.82) is 0 Å². The summed E-state index contributed by atoms with van der Waals surface area (Å²) in [6, 6.07) is 3.14. The molecule has 0 saturated heterocycles. The zero-order chi connectivity index (χ0) is 20.0. The number of esters is 1. The highest BCUT2D eigenvalue weighted by Gasteiger charge is 2.32. The van der Waals surface area contributed by atoms with E-state index in [1.54, 1.807) is 13.8 Å². The van der Waals surface area contributed by atoms with Gasteiger partial charge in [0.25, 0.3) is 0 Å². The van der Waals surface area contributed by atoms with Crippen molar-refractivity contribution in [3.8, 4) is 17.1 Å². The van der Waals surface area contributed by atoms with Crippen LogP contribution in [-0.2, 0) is 20.4 Å². The first-order valence-electron chi connectivity index (χ1n) is 7.83. The molecule has 0 N–H and O–H groups in total. The van der Waals surface area contributed by atoms with E-state index in [4.69, 9.17) is 14.2 Å². The Labute approximate surface area is 153 Å². The van der Waals surface area contributed by atoms with E-state index in [9.17, 15) is 18.0 Å². The highest BCUT2D eigenvalue weighted by Crippen LogP contribution is 2.34. The minimum absolute atomic E-state index is 0.0326. The van der Waals surface area contributed by atoms with Crippen molar-refractivity contribution >= 4 is 12.2 Å². The lowest BCUT2D eigenvalue weighted by atomic mass is 10.1. The Balaban J connectivity index is 2.28. The molecule has 0 saturated carbocycles. The standard InChI is InChI=1S/C17H18F3N3O4/c1-11(2)27-15(24)4-5-23-9-21-16(22-23)12-6-13(17(18,19)20)8-14(7-12)26-10-25-3/h4-9,11H,10H2,1-3H3/b5-4+. The lowest BCUT2D eigenvalue weighted by Crippen LogP contribution is -2.08. The number of carbonyl (C=O) groups is 1. The summed E-state index contributed by atoms with van der Waals surface area (Å²) in [5.41, 5.74) is -0.800. The molecule has 146 valence electrons. The molecule has 0 radical (unpaired) electrons. The molecule has 27 heavy (non-hydrogen) atoms. The number of rotatable bonds is 7. The highest BCUT2D eigenvalue weighted by atomic mass is 19.4. The first-order chi connectivity index (χ1) is 12.7. The summed E-state index contributed by atoms with van der Waals surface area (Å²) in [4.78, 5) is 15.4. The van der Waals surface area contributed by atoms with Gasteiger partial charge in [-0.2, -0.15) is 13.2 Å². The zero-order valence-electron chi connectivity index (χ0n) is 14.9. The Kier molecular flexibility index (Phi) is 6.56. The third kappa shape index (κ3) is 6.10. The molecule has 10 heteroatoms. The van der Waals surface area contributed by atoms with Crippen LogP contribution in [0, 0.1) is 0 Å². The van der Waals surface area contributed by atoms with Crippen molar-refractivity contribution in [2.75, 3.05) is 13.9 Å². The van der Waals surface area contributed by atoms with E-state index in [2.05, 4.69) is 10.1 Å². The molecule has 1 aromatic heterocycles. The number of aromatic nitrogens is 3. The first kappa shape index (κ1) is 20.4. The van der Waals surface area contributed by atoms with Crippen LogP contribution in [0.3, 0.4) is 0 Å². The second-order valence-corrected chi connectivity index (χ2v) is 5.64. The number of benzene rings is 1. The first-order valence-corrected chi connectivity index (χ1v) is 7.83. The van der Waals surface area contributed by atoms with Crippen molar-refractivity contribution in [1.82, 2.24) is 14.8 Å². The number of hydrogen-bond acceptors (Lipinski definition) is 6. The molecule has 0 spiro atoms. The molecule has 0 atom stereocenters.